The molecule has 1 fully saturated rings. The molecule has 0 aromatic heterocycles. The first-order valence-corrected chi connectivity index (χ1v) is 10.9. The largest absolute Gasteiger partial charge is 0.352 e. The number of benzene rings is 1. The normalized spacial score (nSPS) is 21.2. The summed E-state index contributed by atoms with van der Waals surface area (Å²) in [5.41, 5.74) is 1.01. The van der Waals surface area contributed by atoms with Crippen LogP contribution in [0.2, 0.25) is 0 Å². The van der Waals surface area contributed by atoms with Gasteiger partial charge in [-0.25, -0.2) is 13.4 Å². The summed E-state index contributed by atoms with van der Waals surface area (Å²) in [5.74, 6) is -1.12. The SMILES string of the molecule is CCNC(=O)c1cccc(NC(=O)C2=NN(C3CCS(=O)(=O)C3)C(=O)CC2)c1. The lowest BCUT2D eigenvalue weighted by atomic mass is 10.1. The molecule has 1 aromatic carbocycles. The molecule has 3 amide bonds. The number of anilines is 1. The zero-order valence-corrected chi connectivity index (χ0v) is 16.3. The van der Waals surface area contributed by atoms with Gasteiger partial charge in [-0.15, -0.1) is 0 Å². The van der Waals surface area contributed by atoms with Gasteiger partial charge in [-0.2, -0.15) is 5.10 Å². The van der Waals surface area contributed by atoms with Crippen LogP contribution in [0.3, 0.4) is 0 Å². The van der Waals surface area contributed by atoms with Crippen LogP contribution >= 0.6 is 0 Å². The Morgan fingerprint density at radius 3 is 2.71 bits per heavy atom. The molecule has 9 nitrogen and oxygen atoms in total. The number of rotatable bonds is 5. The van der Waals surface area contributed by atoms with Crippen LogP contribution in [0.25, 0.3) is 0 Å². The highest BCUT2D eigenvalue weighted by molar-refractivity contribution is 7.91. The van der Waals surface area contributed by atoms with Crippen molar-refractivity contribution in [1.82, 2.24) is 10.3 Å². The van der Waals surface area contributed by atoms with Gasteiger partial charge in [-0.3, -0.25) is 14.4 Å². The Balaban J connectivity index is 1.73. The Morgan fingerprint density at radius 1 is 1.25 bits per heavy atom. The number of sulfone groups is 1. The van der Waals surface area contributed by atoms with E-state index in [1.165, 1.54) is 0 Å². The molecule has 28 heavy (non-hydrogen) atoms. The Kier molecular flexibility index (Phi) is 5.78. The molecule has 2 aliphatic heterocycles. The molecule has 2 heterocycles. The lowest BCUT2D eigenvalue weighted by Crippen LogP contribution is -2.42. The molecule has 150 valence electrons. The summed E-state index contributed by atoms with van der Waals surface area (Å²) < 4.78 is 23.4. The third-order valence-electron chi connectivity index (χ3n) is 4.60. The summed E-state index contributed by atoms with van der Waals surface area (Å²) in [6.45, 7) is 2.31. The quantitative estimate of drug-likeness (QED) is 0.738. The first kappa shape index (κ1) is 20.0. The summed E-state index contributed by atoms with van der Waals surface area (Å²) in [7, 11) is -3.17. The van der Waals surface area contributed by atoms with Gasteiger partial charge in [0, 0.05) is 30.6 Å². The van der Waals surface area contributed by atoms with E-state index < -0.39 is 21.8 Å². The third-order valence-corrected chi connectivity index (χ3v) is 6.35. The van der Waals surface area contributed by atoms with E-state index >= 15 is 0 Å². The lowest BCUT2D eigenvalue weighted by molar-refractivity contribution is -0.133. The number of carbonyl (C=O) groups excluding carboxylic acids is 3. The van der Waals surface area contributed by atoms with Gasteiger partial charge >= 0.3 is 0 Å². The molecule has 1 aromatic rings. The van der Waals surface area contributed by atoms with Crippen LogP contribution in [0, 0.1) is 0 Å². The van der Waals surface area contributed by atoms with Gasteiger partial charge in [0.1, 0.15) is 5.71 Å². The number of hydrogen-bond acceptors (Lipinski definition) is 6. The molecule has 3 rings (SSSR count). The molecule has 1 atom stereocenters. The maximum absolute atomic E-state index is 12.6. The molecule has 0 saturated carbocycles. The molecule has 10 heteroatoms. The average Bonchev–Trinajstić information content (AvgIpc) is 3.02. The molecule has 0 bridgehead atoms. The smallest absolute Gasteiger partial charge is 0.271 e. The van der Waals surface area contributed by atoms with E-state index in [-0.39, 0.29) is 41.9 Å². The molecular weight excluding hydrogens is 384 g/mol. The fourth-order valence-corrected chi connectivity index (χ4v) is 4.88. The van der Waals surface area contributed by atoms with Crippen LogP contribution in [0.1, 0.15) is 36.5 Å². The number of hydrogen-bond donors (Lipinski definition) is 2. The predicted octanol–water partition coefficient (Wildman–Crippen LogP) is 0.540. The summed E-state index contributed by atoms with van der Waals surface area (Å²) in [6, 6.07) is 5.97. The van der Waals surface area contributed by atoms with Crippen molar-refractivity contribution >= 4 is 39.0 Å². The van der Waals surface area contributed by atoms with Crippen molar-refractivity contribution in [1.29, 1.82) is 0 Å². The van der Waals surface area contributed by atoms with Crippen LogP contribution in [0.5, 0.6) is 0 Å². The third kappa shape index (κ3) is 4.56. The maximum Gasteiger partial charge on any atom is 0.271 e. The van der Waals surface area contributed by atoms with E-state index in [1.807, 2.05) is 6.92 Å². The van der Waals surface area contributed by atoms with Crippen molar-refractivity contribution in [2.75, 3.05) is 23.4 Å². The Hall–Kier alpha value is -2.75. The van der Waals surface area contributed by atoms with Crippen molar-refractivity contribution in [3.63, 3.8) is 0 Å². The average molecular weight is 406 g/mol. The number of carbonyl (C=O) groups is 3. The standard InChI is InChI=1S/C18H22N4O5S/c1-2-19-17(24)12-4-3-5-13(10-12)20-18(25)15-6-7-16(23)22(21-15)14-8-9-28(26,27)11-14/h3-5,10,14H,2,6-9,11H2,1H3,(H,19,24)(H,20,25). The van der Waals surface area contributed by atoms with E-state index in [4.69, 9.17) is 0 Å². The molecule has 1 saturated heterocycles. The molecule has 0 spiro atoms. The zero-order valence-electron chi connectivity index (χ0n) is 15.5. The Bertz CT molecular complexity index is 941. The van der Waals surface area contributed by atoms with Crippen LogP contribution in [0.15, 0.2) is 29.4 Å². The van der Waals surface area contributed by atoms with Crippen molar-refractivity contribution < 1.29 is 22.8 Å². The minimum Gasteiger partial charge on any atom is -0.352 e. The highest BCUT2D eigenvalue weighted by Crippen LogP contribution is 2.22. The van der Waals surface area contributed by atoms with Gasteiger partial charge < -0.3 is 10.6 Å². The fourth-order valence-electron chi connectivity index (χ4n) is 3.19. The summed E-state index contributed by atoms with van der Waals surface area (Å²) in [4.78, 5) is 36.6. The van der Waals surface area contributed by atoms with Crippen molar-refractivity contribution in [3.05, 3.63) is 29.8 Å². The van der Waals surface area contributed by atoms with E-state index in [0.717, 1.165) is 5.01 Å². The van der Waals surface area contributed by atoms with Crippen LogP contribution in [-0.2, 0) is 19.4 Å². The molecule has 0 aliphatic carbocycles. The van der Waals surface area contributed by atoms with Gasteiger partial charge in [0.05, 0.1) is 17.5 Å². The molecule has 2 aliphatic rings. The zero-order chi connectivity index (χ0) is 20.3. The minimum atomic E-state index is -3.17. The number of hydrazone groups is 1. The molecule has 2 N–H and O–H groups in total. The van der Waals surface area contributed by atoms with Crippen molar-refractivity contribution in [3.8, 4) is 0 Å². The van der Waals surface area contributed by atoms with Crippen molar-refractivity contribution in [2.45, 2.75) is 32.2 Å². The first-order valence-electron chi connectivity index (χ1n) is 9.08. The summed E-state index contributed by atoms with van der Waals surface area (Å²) in [6.07, 6.45) is 0.597. The topological polar surface area (TPSA) is 125 Å². The second-order valence-corrected chi connectivity index (χ2v) is 8.96. The predicted molar refractivity (Wildman–Crippen MR) is 104 cm³/mol. The second kappa shape index (κ2) is 8.09. The van der Waals surface area contributed by atoms with Gasteiger partial charge in [0.15, 0.2) is 9.84 Å². The summed E-state index contributed by atoms with van der Waals surface area (Å²) in [5, 5.41) is 10.7. The van der Waals surface area contributed by atoms with Gasteiger partial charge in [0.2, 0.25) is 5.91 Å². The van der Waals surface area contributed by atoms with E-state index in [9.17, 15) is 22.8 Å². The van der Waals surface area contributed by atoms with Gasteiger partial charge in [-0.05, 0) is 31.5 Å². The van der Waals surface area contributed by atoms with Gasteiger partial charge in [0.25, 0.3) is 11.8 Å². The molecule has 1 unspecified atom stereocenters. The Morgan fingerprint density at radius 2 is 2.04 bits per heavy atom. The van der Waals surface area contributed by atoms with Crippen LogP contribution < -0.4 is 10.6 Å². The second-order valence-electron chi connectivity index (χ2n) is 6.74. The van der Waals surface area contributed by atoms with E-state index in [1.54, 1.807) is 24.3 Å². The molecule has 0 radical (unpaired) electrons. The summed E-state index contributed by atoms with van der Waals surface area (Å²) >= 11 is 0. The number of nitrogens with one attached hydrogen (secondary N) is 2. The van der Waals surface area contributed by atoms with E-state index in [0.29, 0.717) is 24.2 Å². The van der Waals surface area contributed by atoms with Crippen LogP contribution in [-0.4, -0.2) is 61.0 Å². The lowest BCUT2D eigenvalue weighted by Gasteiger charge is -2.27. The fraction of sp³-hybridized carbons (Fsp3) is 0.444. The number of nitrogens with zero attached hydrogens (tertiary/aromatic N) is 2. The van der Waals surface area contributed by atoms with Gasteiger partial charge in [-0.1, -0.05) is 6.07 Å². The van der Waals surface area contributed by atoms with E-state index in [2.05, 4.69) is 15.7 Å². The minimum absolute atomic E-state index is 0.0190. The highest BCUT2D eigenvalue weighted by atomic mass is 32.2. The Labute approximate surface area is 163 Å². The van der Waals surface area contributed by atoms with Crippen LogP contribution in [0.4, 0.5) is 5.69 Å². The number of amides is 3. The highest BCUT2D eigenvalue weighted by Gasteiger charge is 2.37. The monoisotopic (exact) mass is 406 g/mol. The maximum atomic E-state index is 12.6. The first-order chi connectivity index (χ1) is 13.3. The molecular formula is C18H22N4O5S. The van der Waals surface area contributed by atoms with Crippen molar-refractivity contribution in [2.24, 2.45) is 5.10 Å².